The minimum Gasteiger partial charge on any atom is -0.497 e. The number of rotatable bonds is 7. The summed E-state index contributed by atoms with van der Waals surface area (Å²) in [4.78, 5) is 15.6. The molecule has 0 saturated carbocycles. The van der Waals surface area contributed by atoms with E-state index in [2.05, 4.69) is 39.0 Å². The first-order chi connectivity index (χ1) is 16.0. The fourth-order valence-corrected chi connectivity index (χ4v) is 4.56. The van der Waals surface area contributed by atoms with E-state index >= 15 is 0 Å². The van der Waals surface area contributed by atoms with Gasteiger partial charge in [-0.2, -0.15) is 0 Å². The number of carbonyl (C=O) groups excluding carboxylic acids is 1. The van der Waals surface area contributed by atoms with Crippen molar-refractivity contribution in [1.82, 2.24) is 14.8 Å². The molecule has 1 N–H and O–H groups in total. The SMILES string of the molecule is COc1ccc(C(CNC(=O)c2cc(-n3c(C)ccc3C)ccc2Cl)N2CCOCC2)cc1. The van der Waals surface area contributed by atoms with Crippen LogP contribution in [0.2, 0.25) is 5.02 Å². The predicted molar refractivity (Wildman–Crippen MR) is 131 cm³/mol. The van der Waals surface area contributed by atoms with Crippen molar-refractivity contribution in [2.75, 3.05) is 40.0 Å². The minimum atomic E-state index is -0.184. The number of nitrogens with zero attached hydrogens (tertiary/aromatic N) is 2. The highest BCUT2D eigenvalue weighted by atomic mass is 35.5. The molecular formula is C26H30ClN3O3. The Labute approximate surface area is 200 Å². The Morgan fingerprint density at radius 1 is 1.06 bits per heavy atom. The number of morpholine rings is 1. The summed E-state index contributed by atoms with van der Waals surface area (Å²) in [7, 11) is 1.66. The van der Waals surface area contributed by atoms with Gasteiger partial charge in [0.2, 0.25) is 0 Å². The fourth-order valence-electron chi connectivity index (χ4n) is 4.36. The summed E-state index contributed by atoms with van der Waals surface area (Å²) in [5, 5.41) is 3.56. The van der Waals surface area contributed by atoms with Gasteiger partial charge in [-0.05, 0) is 61.9 Å². The Balaban J connectivity index is 1.55. The van der Waals surface area contributed by atoms with Crippen LogP contribution < -0.4 is 10.1 Å². The molecule has 4 rings (SSSR count). The fraction of sp³-hybridized carbons (Fsp3) is 0.346. The molecule has 1 amide bonds. The molecule has 0 radical (unpaired) electrons. The lowest BCUT2D eigenvalue weighted by Crippen LogP contribution is -2.43. The molecule has 3 aromatic rings. The molecule has 1 unspecified atom stereocenters. The average Bonchev–Trinajstić information content (AvgIpc) is 3.18. The van der Waals surface area contributed by atoms with Crippen LogP contribution in [0, 0.1) is 13.8 Å². The van der Waals surface area contributed by atoms with E-state index < -0.39 is 0 Å². The first-order valence-corrected chi connectivity index (χ1v) is 11.5. The molecule has 1 fully saturated rings. The Morgan fingerprint density at radius 3 is 2.36 bits per heavy atom. The second kappa shape index (κ2) is 10.4. The molecule has 6 nitrogen and oxygen atoms in total. The molecular weight excluding hydrogens is 438 g/mol. The molecule has 33 heavy (non-hydrogen) atoms. The van der Waals surface area contributed by atoms with Crippen LogP contribution in [0.3, 0.4) is 0 Å². The van der Waals surface area contributed by atoms with E-state index in [9.17, 15) is 4.79 Å². The monoisotopic (exact) mass is 467 g/mol. The van der Waals surface area contributed by atoms with Gasteiger partial charge >= 0.3 is 0 Å². The van der Waals surface area contributed by atoms with Crippen LogP contribution in [0.15, 0.2) is 54.6 Å². The third-order valence-corrected chi connectivity index (χ3v) is 6.50. The van der Waals surface area contributed by atoms with Crippen molar-refractivity contribution >= 4 is 17.5 Å². The maximum Gasteiger partial charge on any atom is 0.252 e. The molecule has 0 spiro atoms. The highest BCUT2D eigenvalue weighted by Gasteiger charge is 2.24. The minimum absolute atomic E-state index is 0.0275. The number of nitrogens with one attached hydrogen (secondary N) is 1. The molecule has 1 atom stereocenters. The number of carbonyl (C=O) groups is 1. The van der Waals surface area contributed by atoms with E-state index in [1.165, 1.54) is 0 Å². The van der Waals surface area contributed by atoms with Crippen LogP contribution in [-0.2, 0) is 4.74 Å². The van der Waals surface area contributed by atoms with E-state index in [0.717, 1.165) is 41.5 Å². The van der Waals surface area contributed by atoms with Crippen molar-refractivity contribution < 1.29 is 14.3 Å². The van der Waals surface area contributed by atoms with Gasteiger partial charge in [-0.3, -0.25) is 9.69 Å². The number of ether oxygens (including phenoxy) is 2. The Hall–Kier alpha value is -2.80. The van der Waals surface area contributed by atoms with Gasteiger partial charge in [0.05, 0.1) is 37.0 Å². The summed E-state index contributed by atoms with van der Waals surface area (Å²) in [6.45, 7) is 7.55. The summed E-state index contributed by atoms with van der Waals surface area (Å²) in [5.41, 5.74) is 4.72. The third kappa shape index (κ3) is 5.24. The Kier molecular flexibility index (Phi) is 7.38. The van der Waals surface area contributed by atoms with Gasteiger partial charge in [-0.1, -0.05) is 23.7 Å². The lowest BCUT2D eigenvalue weighted by Gasteiger charge is -2.35. The maximum atomic E-state index is 13.2. The van der Waals surface area contributed by atoms with Gasteiger partial charge < -0.3 is 19.4 Å². The smallest absolute Gasteiger partial charge is 0.252 e. The van der Waals surface area contributed by atoms with Gasteiger partial charge in [-0.25, -0.2) is 0 Å². The molecule has 7 heteroatoms. The first-order valence-electron chi connectivity index (χ1n) is 11.2. The summed E-state index contributed by atoms with van der Waals surface area (Å²) < 4.78 is 12.9. The summed E-state index contributed by atoms with van der Waals surface area (Å²) in [5.74, 6) is 0.624. The Bertz CT molecular complexity index is 1080. The van der Waals surface area contributed by atoms with Crippen LogP contribution in [0.4, 0.5) is 0 Å². The first kappa shape index (κ1) is 23.4. The number of benzene rings is 2. The molecule has 2 aromatic carbocycles. The van der Waals surface area contributed by atoms with Gasteiger partial charge in [0, 0.05) is 36.7 Å². The summed E-state index contributed by atoms with van der Waals surface area (Å²) in [6.07, 6.45) is 0. The zero-order valence-electron chi connectivity index (χ0n) is 19.3. The highest BCUT2D eigenvalue weighted by molar-refractivity contribution is 6.33. The van der Waals surface area contributed by atoms with E-state index in [1.54, 1.807) is 13.2 Å². The van der Waals surface area contributed by atoms with Crippen molar-refractivity contribution in [1.29, 1.82) is 0 Å². The Morgan fingerprint density at radius 2 is 1.73 bits per heavy atom. The van der Waals surface area contributed by atoms with Gasteiger partial charge in [0.15, 0.2) is 0 Å². The lowest BCUT2D eigenvalue weighted by atomic mass is 10.0. The van der Waals surface area contributed by atoms with Crippen molar-refractivity contribution in [2.45, 2.75) is 19.9 Å². The quantitative estimate of drug-likeness (QED) is 0.553. The van der Waals surface area contributed by atoms with Crippen molar-refractivity contribution in [3.63, 3.8) is 0 Å². The molecule has 1 aliphatic heterocycles. The van der Waals surface area contributed by atoms with Gasteiger partial charge in [0.25, 0.3) is 5.91 Å². The van der Waals surface area contributed by atoms with Gasteiger partial charge in [-0.15, -0.1) is 0 Å². The average molecular weight is 468 g/mol. The number of halogens is 1. The van der Waals surface area contributed by atoms with E-state index in [4.69, 9.17) is 21.1 Å². The zero-order valence-corrected chi connectivity index (χ0v) is 20.1. The maximum absolute atomic E-state index is 13.2. The van der Waals surface area contributed by atoms with Crippen LogP contribution in [0.5, 0.6) is 5.75 Å². The van der Waals surface area contributed by atoms with E-state index in [1.807, 2.05) is 38.1 Å². The number of amides is 1. The van der Waals surface area contributed by atoms with Crippen molar-refractivity contribution in [2.24, 2.45) is 0 Å². The molecule has 1 aromatic heterocycles. The summed E-state index contributed by atoms with van der Waals surface area (Å²) in [6, 6.07) is 17.7. The van der Waals surface area contributed by atoms with Crippen LogP contribution in [0.1, 0.15) is 33.4 Å². The largest absolute Gasteiger partial charge is 0.497 e. The van der Waals surface area contributed by atoms with E-state index in [0.29, 0.717) is 30.3 Å². The number of aryl methyl sites for hydroxylation is 2. The normalized spacial score (nSPS) is 15.3. The summed E-state index contributed by atoms with van der Waals surface area (Å²) >= 11 is 6.44. The lowest BCUT2D eigenvalue weighted by molar-refractivity contribution is 0.0162. The number of hydrogen-bond acceptors (Lipinski definition) is 4. The molecule has 174 valence electrons. The molecule has 0 aliphatic carbocycles. The van der Waals surface area contributed by atoms with Crippen molar-refractivity contribution in [3.8, 4) is 11.4 Å². The zero-order chi connectivity index (χ0) is 23.4. The van der Waals surface area contributed by atoms with Crippen molar-refractivity contribution in [3.05, 3.63) is 82.1 Å². The predicted octanol–water partition coefficient (Wildman–Crippen LogP) is 4.56. The third-order valence-electron chi connectivity index (χ3n) is 6.17. The second-order valence-electron chi connectivity index (χ2n) is 8.26. The standard InChI is InChI=1S/C26H30ClN3O3/c1-18-4-5-19(2)30(18)21-8-11-24(27)23(16-21)26(31)28-17-25(29-12-14-33-15-13-29)20-6-9-22(32-3)10-7-20/h4-11,16,25H,12-15,17H2,1-3H3,(H,28,31). The molecule has 2 heterocycles. The number of aromatic nitrogens is 1. The number of methoxy groups -OCH3 is 1. The number of hydrogen-bond donors (Lipinski definition) is 1. The topological polar surface area (TPSA) is 55.7 Å². The van der Waals surface area contributed by atoms with Gasteiger partial charge in [0.1, 0.15) is 5.75 Å². The van der Waals surface area contributed by atoms with Crippen LogP contribution in [0.25, 0.3) is 5.69 Å². The molecule has 1 aliphatic rings. The molecule has 1 saturated heterocycles. The van der Waals surface area contributed by atoms with E-state index in [-0.39, 0.29) is 11.9 Å². The second-order valence-corrected chi connectivity index (χ2v) is 8.67. The van der Waals surface area contributed by atoms with Crippen LogP contribution >= 0.6 is 11.6 Å². The van der Waals surface area contributed by atoms with Crippen LogP contribution in [-0.4, -0.2) is 55.3 Å². The molecule has 0 bridgehead atoms. The highest BCUT2D eigenvalue weighted by Crippen LogP contribution is 2.26.